The van der Waals surface area contributed by atoms with E-state index < -0.39 is 0 Å². The first-order chi connectivity index (χ1) is 12.1. The van der Waals surface area contributed by atoms with E-state index in [9.17, 15) is 9.59 Å². The Kier molecular flexibility index (Phi) is 5.64. The van der Waals surface area contributed by atoms with Gasteiger partial charge in [0.2, 0.25) is 5.78 Å². The molecule has 0 saturated carbocycles. The van der Waals surface area contributed by atoms with E-state index in [-0.39, 0.29) is 11.6 Å². The van der Waals surface area contributed by atoms with E-state index in [2.05, 4.69) is 0 Å². The number of ether oxygens (including phenoxy) is 1. The first-order valence-corrected chi connectivity index (χ1v) is 8.47. The van der Waals surface area contributed by atoms with E-state index in [1.165, 1.54) is 6.08 Å². The number of carbonyl (C=O) groups excluding carboxylic acids is 2. The molecule has 0 aliphatic carbocycles. The third kappa shape index (κ3) is 4.35. The van der Waals surface area contributed by atoms with Crippen LogP contribution in [0.2, 0.25) is 5.02 Å². The molecule has 0 unspecified atom stereocenters. The van der Waals surface area contributed by atoms with E-state index in [1.807, 2.05) is 11.0 Å². The number of nitrogens with zero attached hydrogens (tertiary/aromatic N) is 1. The minimum atomic E-state index is -0.192. The molecule has 0 amide bonds. The highest BCUT2D eigenvalue weighted by Crippen LogP contribution is 2.18. The molecule has 128 valence electrons. The van der Waals surface area contributed by atoms with Gasteiger partial charge in [-0.2, -0.15) is 0 Å². The number of benzene rings is 2. The summed E-state index contributed by atoms with van der Waals surface area (Å²) in [6.07, 6.45) is 1.43. The van der Waals surface area contributed by atoms with Crippen LogP contribution in [0.1, 0.15) is 20.7 Å². The molecule has 0 spiro atoms. The third-order valence-corrected chi connectivity index (χ3v) is 4.27. The first kappa shape index (κ1) is 17.4. The van der Waals surface area contributed by atoms with Crippen molar-refractivity contribution >= 4 is 23.2 Å². The van der Waals surface area contributed by atoms with E-state index in [0.29, 0.717) is 48.1 Å². The molecule has 1 aliphatic rings. The van der Waals surface area contributed by atoms with Crippen LogP contribution in [-0.4, -0.2) is 42.8 Å². The lowest BCUT2D eigenvalue weighted by Crippen LogP contribution is -2.38. The molecule has 2 aromatic rings. The summed E-state index contributed by atoms with van der Waals surface area (Å²) in [4.78, 5) is 27.5. The lowest BCUT2D eigenvalue weighted by atomic mass is 10.0. The fraction of sp³-hybridized carbons (Fsp3) is 0.200. The van der Waals surface area contributed by atoms with E-state index >= 15 is 0 Å². The zero-order chi connectivity index (χ0) is 17.6. The van der Waals surface area contributed by atoms with Crippen LogP contribution in [0.25, 0.3) is 0 Å². The maximum Gasteiger partial charge on any atom is 0.209 e. The average Bonchev–Trinajstić information content (AvgIpc) is 2.67. The number of rotatable bonds is 5. The van der Waals surface area contributed by atoms with Crippen molar-refractivity contribution in [2.45, 2.75) is 0 Å². The molecular formula is C20H18ClNO3. The number of hydrogen-bond donors (Lipinski definition) is 0. The van der Waals surface area contributed by atoms with Gasteiger partial charge in [0, 0.05) is 35.3 Å². The number of ketones is 2. The second kappa shape index (κ2) is 8.10. The van der Waals surface area contributed by atoms with E-state index in [4.69, 9.17) is 16.3 Å². The summed E-state index contributed by atoms with van der Waals surface area (Å²) in [6, 6.07) is 15.6. The van der Waals surface area contributed by atoms with Crippen LogP contribution in [0.15, 0.2) is 66.4 Å². The number of halogens is 1. The van der Waals surface area contributed by atoms with Gasteiger partial charge in [0.25, 0.3) is 0 Å². The highest BCUT2D eigenvalue weighted by molar-refractivity contribution is 6.30. The number of allylic oxidation sites excluding steroid dienone is 2. The van der Waals surface area contributed by atoms with E-state index in [1.54, 1.807) is 48.5 Å². The van der Waals surface area contributed by atoms with Crippen LogP contribution in [0.5, 0.6) is 0 Å². The van der Waals surface area contributed by atoms with Crippen molar-refractivity contribution in [3.05, 3.63) is 82.5 Å². The fourth-order valence-electron chi connectivity index (χ4n) is 2.66. The Balaban J connectivity index is 1.94. The fourth-order valence-corrected chi connectivity index (χ4v) is 2.79. The Morgan fingerprint density at radius 3 is 2.20 bits per heavy atom. The SMILES string of the molecule is O=C(C=C(C(=O)c1ccc(Cl)cc1)N1CCOCC1)c1ccccc1. The molecular weight excluding hydrogens is 338 g/mol. The lowest BCUT2D eigenvalue weighted by molar-refractivity contribution is 0.0504. The molecule has 0 N–H and O–H groups in total. The molecule has 5 heteroatoms. The van der Waals surface area contributed by atoms with Gasteiger partial charge in [-0.25, -0.2) is 0 Å². The highest BCUT2D eigenvalue weighted by atomic mass is 35.5. The molecule has 3 rings (SSSR count). The quantitative estimate of drug-likeness (QED) is 0.607. The summed E-state index contributed by atoms with van der Waals surface area (Å²) < 4.78 is 5.36. The van der Waals surface area contributed by atoms with Gasteiger partial charge in [0.1, 0.15) is 0 Å². The topological polar surface area (TPSA) is 46.6 Å². The smallest absolute Gasteiger partial charge is 0.209 e. The van der Waals surface area contributed by atoms with Crippen molar-refractivity contribution in [1.29, 1.82) is 0 Å². The third-order valence-electron chi connectivity index (χ3n) is 4.02. The van der Waals surface area contributed by atoms with Gasteiger partial charge in [-0.3, -0.25) is 9.59 Å². The molecule has 4 nitrogen and oxygen atoms in total. The molecule has 0 atom stereocenters. The molecule has 2 aromatic carbocycles. The molecule has 0 aromatic heterocycles. The van der Waals surface area contributed by atoms with Gasteiger partial charge in [-0.05, 0) is 24.3 Å². The molecule has 1 heterocycles. The summed E-state index contributed by atoms with van der Waals surface area (Å²) in [6.45, 7) is 2.22. The van der Waals surface area contributed by atoms with Crippen LogP contribution in [0.4, 0.5) is 0 Å². The van der Waals surface area contributed by atoms with Gasteiger partial charge in [0.05, 0.1) is 18.9 Å². The van der Waals surface area contributed by atoms with Crippen molar-refractivity contribution in [2.24, 2.45) is 0 Å². The average molecular weight is 356 g/mol. The summed E-state index contributed by atoms with van der Waals surface area (Å²) in [7, 11) is 0. The second-order valence-electron chi connectivity index (χ2n) is 5.70. The number of carbonyl (C=O) groups is 2. The zero-order valence-corrected chi connectivity index (χ0v) is 14.4. The summed E-state index contributed by atoms with van der Waals surface area (Å²) >= 11 is 5.90. The molecule has 1 saturated heterocycles. The van der Waals surface area contributed by atoms with Crippen molar-refractivity contribution < 1.29 is 14.3 Å². The van der Waals surface area contributed by atoms with E-state index in [0.717, 1.165) is 0 Å². The molecule has 1 fully saturated rings. The van der Waals surface area contributed by atoms with Gasteiger partial charge in [-0.15, -0.1) is 0 Å². The zero-order valence-electron chi connectivity index (χ0n) is 13.7. The predicted octanol–water partition coefficient (Wildman–Crippen LogP) is 3.62. The maximum atomic E-state index is 13.0. The lowest BCUT2D eigenvalue weighted by Gasteiger charge is -2.30. The predicted molar refractivity (Wildman–Crippen MR) is 97.0 cm³/mol. The Morgan fingerprint density at radius 1 is 0.920 bits per heavy atom. The molecule has 0 radical (unpaired) electrons. The Labute approximate surface area is 151 Å². The molecule has 1 aliphatic heterocycles. The van der Waals surface area contributed by atoms with Crippen LogP contribution < -0.4 is 0 Å². The standard InChI is InChI=1S/C20H18ClNO3/c21-17-8-6-16(7-9-17)20(24)18(22-10-12-25-13-11-22)14-19(23)15-4-2-1-3-5-15/h1-9,14H,10-13H2. The monoisotopic (exact) mass is 355 g/mol. The summed E-state index contributed by atoms with van der Waals surface area (Å²) in [5.41, 5.74) is 1.44. The van der Waals surface area contributed by atoms with Crippen LogP contribution in [-0.2, 0) is 4.74 Å². The van der Waals surface area contributed by atoms with Gasteiger partial charge in [0.15, 0.2) is 5.78 Å². The largest absolute Gasteiger partial charge is 0.378 e. The number of Topliss-reactive ketones (excluding diaryl/α,β-unsaturated/α-hetero) is 1. The van der Waals surface area contributed by atoms with Crippen molar-refractivity contribution in [1.82, 2.24) is 4.90 Å². The summed E-state index contributed by atoms with van der Waals surface area (Å²) in [5, 5.41) is 0.564. The number of hydrogen-bond acceptors (Lipinski definition) is 4. The maximum absolute atomic E-state index is 13.0. The van der Waals surface area contributed by atoms with Crippen LogP contribution in [0.3, 0.4) is 0 Å². The van der Waals surface area contributed by atoms with Crippen molar-refractivity contribution in [3.8, 4) is 0 Å². The molecule has 25 heavy (non-hydrogen) atoms. The molecule has 0 bridgehead atoms. The van der Waals surface area contributed by atoms with Crippen LogP contribution in [0, 0.1) is 0 Å². The number of morpholine rings is 1. The van der Waals surface area contributed by atoms with Crippen molar-refractivity contribution in [2.75, 3.05) is 26.3 Å². The Hall–Kier alpha value is -2.43. The van der Waals surface area contributed by atoms with Crippen LogP contribution >= 0.6 is 11.6 Å². The second-order valence-corrected chi connectivity index (χ2v) is 6.13. The Bertz CT molecular complexity index is 778. The summed E-state index contributed by atoms with van der Waals surface area (Å²) in [5.74, 6) is -0.382. The highest BCUT2D eigenvalue weighted by Gasteiger charge is 2.22. The van der Waals surface area contributed by atoms with Crippen molar-refractivity contribution in [3.63, 3.8) is 0 Å². The van der Waals surface area contributed by atoms with Gasteiger partial charge in [-0.1, -0.05) is 41.9 Å². The minimum absolute atomic E-state index is 0.190. The van der Waals surface area contributed by atoms with Gasteiger partial charge < -0.3 is 9.64 Å². The van der Waals surface area contributed by atoms with Gasteiger partial charge >= 0.3 is 0 Å². The minimum Gasteiger partial charge on any atom is -0.378 e. The first-order valence-electron chi connectivity index (χ1n) is 8.09. The normalized spacial score (nSPS) is 15.1. The Morgan fingerprint density at radius 2 is 1.56 bits per heavy atom.